The number of aromatic nitrogens is 1. The lowest BCUT2D eigenvalue weighted by molar-refractivity contribution is 0.0843. The second-order valence-corrected chi connectivity index (χ2v) is 3.78. The largest absolute Gasteiger partial charge is 0.288 e. The van der Waals surface area contributed by atoms with Crippen molar-refractivity contribution in [3.8, 4) is 0 Å². The van der Waals surface area contributed by atoms with Crippen molar-refractivity contribution in [2.75, 3.05) is 0 Å². The number of nitrogens with zero attached hydrogens (tertiary/aromatic N) is 1. The van der Waals surface area contributed by atoms with Crippen LogP contribution in [0.4, 0.5) is 8.78 Å². The third kappa shape index (κ3) is 3.35. The smallest absolute Gasteiger partial charge is 0.267 e. The monoisotopic (exact) mass is 277 g/mol. The highest BCUT2D eigenvalue weighted by Crippen LogP contribution is 2.07. The molecule has 0 bridgehead atoms. The fourth-order valence-electron chi connectivity index (χ4n) is 1.43. The van der Waals surface area contributed by atoms with Crippen LogP contribution in [0.15, 0.2) is 42.6 Å². The van der Waals surface area contributed by atoms with Crippen molar-refractivity contribution in [1.29, 1.82) is 0 Å². The molecule has 1 aromatic carbocycles. The summed E-state index contributed by atoms with van der Waals surface area (Å²) in [5, 5.41) is 0. The zero-order valence-electron chi connectivity index (χ0n) is 10.1. The van der Waals surface area contributed by atoms with E-state index in [2.05, 4.69) is 10.4 Å². The number of carbonyl (C=O) groups excluding carboxylic acids is 2. The molecule has 5 nitrogen and oxygen atoms in total. The molecular formula is C13H9F2N3O2. The predicted molar refractivity (Wildman–Crippen MR) is 65.5 cm³/mol. The Morgan fingerprint density at radius 2 is 1.60 bits per heavy atom. The lowest BCUT2D eigenvalue weighted by Gasteiger charge is -2.07. The van der Waals surface area contributed by atoms with Crippen LogP contribution in [0.2, 0.25) is 0 Å². The van der Waals surface area contributed by atoms with E-state index in [0.29, 0.717) is 6.07 Å². The third-order valence-electron chi connectivity index (χ3n) is 2.31. The molecule has 1 heterocycles. The summed E-state index contributed by atoms with van der Waals surface area (Å²) in [5.41, 5.74) is 3.98. The van der Waals surface area contributed by atoms with Gasteiger partial charge < -0.3 is 0 Å². The number of hydrogen-bond donors (Lipinski definition) is 2. The average Bonchev–Trinajstić information content (AvgIpc) is 2.44. The maximum absolute atomic E-state index is 12.9. The molecule has 2 amide bonds. The Morgan fingerprint density at radius 3 is 2.20 bits per heavy atom. The van der Waals surface area contributed by atoms with Crippen molar-refractivity contribution in [3.05, 3.63) is 65.5 Å². The van der Waals surface area contributed by atoms with Gasteiger partial charge in [0.05, 0.1) is 0 Å². The molecule has 7 heteroatoms. The maximum Gasteiger partial charge on any atom is 0.288 e. The Bertz CT molecular complexity index is 627. The minimum atomic E-state index is -0.883. The number of rotatable bonds is 2. The second kappa shape index (κ2) is 5.87. The standard InChI is InChI=1S/C13H9F2N3O2/c14-9-5-8(6-10(15)7-9)12(19)17-18-13(20)11-3-1-2-4-16-11/h1-7H,(H,17,19)(H,18,20). The Morgan fingerprint density at radius 1 is 0.950 bits per heavy atom. The lowest BCUT2D eigenvalue weighted by Crippen LogP contribution is -2.42. The van der Waals surface area contributed by atoms with E-state index in [4.69, 9.17) is 0 Å². The Labute approximate surface area is 112 Å². The maximum atomic E-state index is 12.9. The topological polar surface area (TPSA) is 71.1 Å². The van der Waals surface area contributed by atoms with Crippen LogP contribution in [0.25, 0.3) is 0 Å². The Balaban J connectivity index is 2.00. The first kappa shape index (κ1) is 13.6. The first-order valence-corrected chi connectivity index (χ1v) is 5.54. The molecule has 0 aliphatic carbocycles. The van der Waals surface area contributed by atoms with Gasteiger partial charge in [0.1, 0.15) is 17.3 Å². The number of hydrazine groups is 1. The highest BCUT2D eigenvalue weighted by atomic mass is 19.1. The van der Waals surface area contributed by atoms with Crippen LogP contribution >= 0.6 is 0 Å². The van der Waals surface area contributed by atoms with Gasteiger partial charge in [-0.15, -0.1) is 0 Å². The van der Waals surface area contributed by atoms with Gasteiger partial charge in [-0.25, -0.2) is 8.78 Å². The molecule has 0 spiro atoms. The molecular weight excluding hydrogens is 268 g/mol. The zero-order valence-corrected chi connectivity index (χ0v) is 10.1. The SMILES string of the molecule is O=C(NNC(=O)c1ccccn1)c1cc(F)cc(F)c1. The summed E-state index contributed by atoms with van der Waals surface area (Å²) < 4.78 is 25.9. The molecule has 2 aromatic rings. The number of carbonyl (C=O) groups is 2. The molecule has 0 aliphatic rings. The summed E-state index contributed by atoms with van der Waals surface area (Å²) in [7, 11) is 0. The number of halogens is 2. The normalized spacial score (nSPS) is 9.90. The molecule has 0 radical (unpaired) electrons. The third-order valence-corrected chi connectivity index (χ3v) is 2.31. The van der Waals surface area contributed by atoms with Crippen molar-refractivity contribution in [1.82, 2.24) is 15.8 Å². The highest BCUT2D eigenvalue weighted by Gasteiger charge is 2.11. The van der Waals surface area contributed by atoms with E-state index < -0.39 is 23.4 Å². The molecule has 0 saturated heterocycles. The van der Waals surface area contributed by atoms with Crippen molar-refractivity contribution in [2.45, 2.75) is 0 Å². The molecule has 2 N–H and O–H groups in total. The summed E-state index contributed by atoms with van der Waals surface area (Å²) in [5.74, 6) is -3.25. The van der Waals surface area contributed by atoms with Gasteiger partial charge >= 0.3 is 0 Å². The van der Waals surface area contributed by atoms with E-state index in [9.17, 15) is 18.4 Å². The van der Waals surface area contributed by atoms with E-state index in [1.54, 1.807) is 12.1 Å². The van der Waals surface area contributed by atoms with Gasteiger partial charge in [-0.2, -0.15) is 0 Å². The molecule has 0 fully saturated rings. The minimum absolute atomic E-state index is 0.0956. The first-order chi connectivity index (χ1) is 9.56. The number of nitrogens with one attached hydrogen (secondary N) is 2. The summed E-state index contributed by atoms with van der Waals surface area (Å²) in [6, 6.07) is 7.03. The molecule has 0 aliphatic heterocycles. The summed E-state index contributed by atoms with van der Waals surface area (Å²) in [4.78, 5) is 27.0. The molecule has 20 heavy (non-hydrogen) atoms. The van der Waals surface area contributed by atoms with Crippen LogP contribution in [0.1, 0.15) is 20.8 Å². The fraction of sp³-hybridized carbons (Fsp3) is 0. The summed E-state index contributed by atoms with van der Waals surface area (Å²) in [6.45, 7) is 0. The van der Waals surface area contributed by atoms with E-state index in [0.717, 1.165) is 12.1 Å². The van der Waals surface area contributed by atoms with Crippen LogP contribution in [0.5, 0.6) is 0 Å². The Hall–Kier alpha value is -2.83. The van der Waals surface area contributed by atoms with Crippen molar-refractivity contribution in [3.63, 3.8) is 0 Å². The molecule has 0 unspecified atom stereocenters. The molecule has 1 aromatic heterocycles. The predicted octanol–water partition coefficient (Wildman–Crippen LogP) is 1.43. The van der Waals surface area contributed by atoms with E-state index in [1.165, 1.54) is 12.3 Å². The zero-order chi connectivity index (χ0) is 14.5. The first-order valence-electron chi connectivity index (χ1n) is 5.54. The average molecular weight is 277 g/mol. The van der Waals surface area contributed by atoms with Crippen molar-refractivity contribution < 1.29 is 18.4 Å². The van der Waals surface area contributed by atoms with Crippen molar-refractivity contribution in [2.24, 2.45) is 0 Å². The minimum Gasteiger partial charge on any atom is -0.267 e. The lowest BCUT2D eigenvalue weighted by atomic mass is 10.2. The number of benzene rings is 1. The van der Waals surface area contributed by atoms with Crippen molar-refractivity contribution >= 4 is 11.8 Å². The van der Waals surface area contributed by atoms with Crippen LogP contribution in [0.3, 0.4) is 0 Å². The second-order valence-electron chi connectivity index (χ2n) is 3.78. The number of hydrogen-bond acceptors (Lipinski definition) is 3. The Kier molecular flexibility index (Phi) is 3.99. The van der Waals surface area contributed by atoms with E-state index in [1.807, 2.05) is 5.43 Å². The van der Waals surface area contributed by atoms with Crippen LogP contribution in [0, 0.1) is 11.6 Å². The van der Waals surface area contributed by atoms with E-state index in [-0.39, 0.29) is 11.3 Å². The quantitative estimate of drug-likeness (QED) is 0.816. The van der Waals surface area contributed by atoms with Gasteiger partial charge in [-0.3, -0.25) is 25.4 Å². The molecule has 2 rings (SSSR count). The summed E-state index contributed by atoms with van der Waals surface area (Å²) in [6.07, 6.45) is 1.42. The van der Waals surface area contributed by atoms with Gasteiger partial charge in [-0.1, -0.05) is 6.07 Å². The van der Waals surface area contributed by atoms with Gasteiger partial charge in [0, 0.05) is 17.8 Å². The molecule has 102 valence electrons. The number of pyridine rings is 1. The molecule has 0 atom stereocenters. The van der Waals surface area contributed by atoms with Gasteiger partial charge in [0.15, 0.2) is 0 Å². The molecule has 0 saturated carbocycles. The van der Waals surface area contributed by atoms with E-state index >= 15 is 0 Å². The fourth-order valence-corrected chi connectivity index (χ4v) is 1.43. The van der Waals surface area contributed by atoms with Crippen LogP contribution in [-0.4, -0.2) is 16.8 Å². The van der Waals surface area contributed by atoms with Crippen LogP contribution in [-0.2, 0) is 0 Å². The van der Waals surface area contributed by atoms with Crippen LogP contribution < -0.4 is 10.9 Å². The summed E-state index contributed by atoms with van der Waals surface area (Å²) >= 11 is 0. The highest BCUT2D eigenvalue weighted by molar-refractivity contribution is 5.98. The number of amides is 2. The van der Waals surface area contributed by atoms with Gasteiger partial charge in [-0.05, 0) is 24.3 Å². The van der Waals surface area contributed by atoms with Gasteiger partial charge in [0.25, 0.3) is 11.8 Å². The van der Waals surface area contributed by atoms with Gasteiger partial charge in [0.2, 0.25) is 0 Å².